The molecule has 0 aliphatic heterocycles. The fourth-order valence-corrected chi connectivity index (χ4v) is 8.18. The predicted molar refractivity (Wildman–Crippen MR) is 236 cm³/mol. The fourth-order valence-electron chi connectivity index (χ4n) is 8.18. The highest BCUT2D eigenvalue weighted by Crippen LogP contribution is 2.35. The molecule has 0 bridgehead atoms. The van der Waals surface area contributed by atoms with E-state index >= 15 is 4.79 Å². The third-order valence-electron chi connectivity index (χ3n) is 11.2. The summed E-state index contributed by atoms with van der Waals surface area (Å²) in [5.41, 5.74) is 9.15. The number of amides is 4. The SMILES string of the molecule is CC(C)(C)NC(=O)N[C@@H](Cc1ccccc1)C(=O)N([C@@H](Cc1cncn1COCc1ccccc1)C(N)=O)[C@@H](CC1CCCCC1)[C@@H](O)c1nccn1COCc1ccccc1. The van der Waals surface area contributed by atoms with E-state index in [0.29, 0.717) is 25.3 Å². The Kier molecular flexibility index (Phi) is 16.4. The average molecular weight is 847 g/mol. The van der Waals surface area contributed by atoms with Gasteiger partial charge in [-0.1, -0.05) is 123 Å². The molecule has 0 unspecified atom stereocenters. The van der Waals surface area contributed by atoms with E-state index < -0.39 is 47.6 Å². The van der Waals surface area contributed by atoms with Gasteiger partial charge in [0.05, 0.1) is 25.6 Å². The Labute approximate surface area is 364 Å². The molecule has 2 heterocycles. The molecular weight excluding hydrogens is 785 g/mol. The number of ether oxygens (including phenoxy) is 2. The second-order valence-corrected chi connectivity index (χ2v) is 17.2. The van der Waals surface area contributed by atoms with Gasteiger partial charge in [0.15, 0.2) is 0 Å². The Balaban J connectivity index is 1.39. The van der Waals surface area contributed by atoms with E-state index in [1.54, 1.807) is 34.1 Å². The first-order valence-corrected chi connectivity index (χ1v) is 21.6. The molecule has 4 atom stereocenters. The quantitative estimate of drug-likeness (QED) is 0.0652. The standard InChI is InChI=1S/C48H62N8O6/c1-48(2,3)53-47(60)52-40(26-35-16-8-4-9-17-35)46(59)56(42(44(49)58)28-39-29-50-32-55(39)34-62-31-38-22-14-7-15-23-38)41(27-36-18-10-5-11-19-36)43(57)45-51-24-25-54(45)33-61-30-37-20-12-6-13-21-37/h4,6-9,12-17,20-25,29,32,36,40-43,57H,5,10-11,18-19,26-28,30-31,33-34H2,1-3H3,(H2,49,58)(H2,52,53,60)/t40-,41-,42-,43+/m0/s1. The van der Waals surface area contributed by atoms with Crippen LogP contribution in [-0.4, -0.2) is 70.6 Å². The molecule has 5 N–H and O–H groups in total. The Morgan fingerprint density at radius 2 is 1.42 bits per heavy atom. The zero-order chi connectivity index (χ0) is 43.9. The van der Waals surface area contributed by atoms with Crippen molar-refractivity contribution in [3.05, 3.63) is 144 Å². The van der Waals surface area contributed by atoms with Crippen LogP contribution in [0.2, 0.25) is 0 Å². The molecule has 0 spiro atoms. The minimum Gasteiger partial charge on any atom is -0.383 e. The number of nitrogens with zero attached hydrogens (tertiary/aromatic N) is 5. The number of aromatic nitrogens is 4. The van der Waals surface area contributed by atoms with Crippen LogP contribution in [0.3, 0.4) is 0 Å². The number of urea groups is 1. The van der Waals surface area contributed by atoms with Crippen LogP contribution in [0.1, 0.15) is 93.6 Å². The van der Waals surface area contributed by atoms with Gasteiger partial charge < -0.3 is 45.0 Å². The van der Waals surface area contributed by atoms with Gasteiger partial charge in [-0.3, -0.25) is 9.59 Å². The second kappa shape index (κ2) is 22.3. The minimum atomic E-state index is -1.38. The van der Waals surface area contributed by atoms with E-state index in [1.807, 2.05) is 112 Å². The molecular formula is C48H62N8O6. The van der Waals surface area contributed by atoms with E-state index in [-0.39, 0.29) is 38.0 Å². The van der Waals surface area contributed by atoms with Crippen molar-refractivity contribution in [3.8, 4) is 0 Å². The first kappa shape index (κ1) is 45.7. The second-order valence-electron chi connectivity index (χ2n) is 17.2. The zero-order valence-corrected chi connectivity index (χ0v) is 36.1. The number of carbonyl (C=O) groups is 3. The number of carbonyl (C=O) groups excluding carboxylic acids is 3. The number of hydrogen-bond donors (Lipinski definition) is 4. The zero-order valence-electron chi connectivity index (χ0n) is 36.1. The van der Waals surface area contributed by atoms with Crippen LogP contribution < -0.4 is 16.4 Å². The van der Waals surface area contributed by atoms with Crippen molar-refractivity contribution >= 4 is 17.8 Å². The number of aliphatic hydroxyl groups excluding tert-OH is 1. The number of nitrogens with two attached hydrogens (primary N) is 1. The molecule has 62 heavy (non-hydrogen) atoms. The molecule has 1 aliphatic carbocycles. The van der Waals surface area contributed by atoms with Gasteiger partial charge in [-0.05, 0) is 49.8 Å². The molecule has 14 nitrogen and oxygen atoms in total. The molecule has 4 amide bonds. The molecule has 1 aliphatic rings. The van der Waals surface area contributed by atoms with Crippen LogP contribution in [0.25, 0.3) is 0 Å². The molecule has 6 rings (SSSR count). The summed E-state index contributed by atoms with van der Waals surface area (Å²) in [5, 5.41) is 18.6. The predicted octanol–water partition coefficient (Wildman–Crippen LogP) is 6.43. The summed E-state index contributed by atoms with van der Waals surface area (Å²) in [4.78, 5) is 53.9. The van der Waals surface area contributed by atoms with E-state index in [9.17, 15) is 14.7 Å². The molecule has 0 radical (unpaired) electrons. The van der Waals surface area contributed by atoms with Gasteiger partial charge >= 0.3 is 6.03 Å². The smallest absolute Gasteiger partial charge is 0.315 e. The van der Waals surface area contributed by atoms with Gasteiger partial charge in [0.1, 0.15) is 37.5 Å². The van der Waals surface area contributed by atoms with Gasteiger partial charge in [0, 0.05) is 42.7 Å². The van der Waals surface area contributed by atoms with Crippen LogP contribution in [-0.2, 0) is 58.6 Å². The van der Waals surface area contributed by atoms with Crippen LogP contribution in [0, 0.1) is 5.92 Å². The van der Waals surface area contributed by atoms with Crippen molar-refractivity contribution in [2.24, 2.45) is 11.7 Å². The molecule has 2 aromatic heterocycles. The van der Waals surface area contributed by atoms with Gasteiger partial charge in [0.2, 0.25) is 11.8 Å². The van der Waals surface area contributed by atoms with Crippen molar-refractivity contribution < 1.29 is 29.0 Å². The summed E-state index contributed by atoms with van der Waals surface area (Å²) in [5.74, 6) is -0.931. The highest BCUT2D eigenvalue weighted by atomic mass is 16.5. The number of aliphatic hydroxyl groups is 1. The summed E-state index contributed by atoms with van der Waals surface area (Å²) in [6.07, 6.45) is 10.5. The summed E-state index contributed by atoms with van der Waals surface area (Å²) < 4.78 is 15.7. The van der Waals surface area contributed by atoms with Crippen molar-refractivity contribution in [2.75, 3.05) is 0 Å². The topological polar surface area (TPSA) is 179 Å². The van der Waals surface area contributed by atoms with E-state index in [2.05, 4.69) is 20.6 Å². The van der Waals surface area contributed by atoms with E-state index in [4.69, 9.17) is 15.2 Å². The number of rotatable bonds is 21. The summed E-state index contributed by atoms with van der Waals surface area (Å²) in [7, 11) is 0. The first-order valence-electron chi connectivity index (χ1n) is 21.6. The number of hydrogen-bond acceptors (Lipinski definition) is 8. The van der Waals surface area contributed by atoms with Crippen LogP contribution in [0.15, 0.2) is 116 Å². The molecule has 14 heteroatoms. The monoisotopic (exact) mass is 846 g/mol. The minimum absolute atomic E-state index is 0.0372. The highest BCUT2D eigenvalue weighted by molar-refractivity contribution is 5.92. The summed E-state index contributed by atoms with van der Waals surface area (Å²) in [6, 6.07) is 25.0. The highest BCUT2D eigenvalue weighted by Gasteiger charge is 2.44. The van der Waals surface area contributed by atoms with Crippen molar-refractivity contribution in [2.45, 2.75) is 129 Å². The Hall–Kier alpha value is -5.83. The number of imidazole rings is 2. The third kappa shape index (κ3) is 13.3. The van der Waals surface area contributed by atoms with Crippen LogP contribution in [0.5, 0.6) is 0 Å². The largest absolute Gasteiger partial charge is 0.383 e. The molecule has 0 saturated heterocycles. The lowest BCUT2D eigenvalue weighted by Crippen LogP contribution is -2.62. The van der Waals surface area contributed by atoms with Crippen molar-refractivity contribution in [1.82, 2.24) is 34.6 Å². The summed E-state index contributed by atoms with van der Waals surface area (Å²) in [6.45, 7) is 6.45. The van der Waals surface area contributed by atoms with Crippen molar-refractivity contribution in [1.29, 1.82) is 0 Å². The molecule has 5 aromatic rings. The maximum Gasteiger partial charge on any atom is 0.315 e. The average Bonchev–Trinajstić information content (AvgIpc) is 3.92. The number of primary amides is 1. The lowest BCUT2D eigenvalue weighted by molar-refractivity contribution is -0.148. The van der Waals surface area contributed by atoms with Crippen molar-refractivity contribution in [3.63, 3.8) is 0 Å². The maximum atomic E-state index is 15.7. The molecule has 3 aromatic carbocycles. The first-order chi connectivity index (χ1) is 29.9. The number of nitrogens with one attached hydrogen (secondary N) is 2. The van der Waals surface area contributed by atoms with Crippen LogP contribution in [0.4, 0.5) is 4.79 Å². The molecule has 1 fully saturated rings. The molecule has 1 saturated carbocycles. The van der Waals surface area contributed by atoms with Gasteiger partial charge in [-0.15, -0.1) is 0 Å². The van der Waals surface area contributed by atoms with E-state index in [0.717, 1.165) is 48.8 Å². The van der Waals surface area contributed by atoms with Gasteiger partial charge in [-0.25, -0.2) is 14.8 Å². The Bertz CT molecular complexity index is 2130. The lowest BCUT2D eigenvalue weighted by atomic mass is 9.82. The van der Waals surface area contributed by atoms with Gasteiger partial charge in [0.25, 0.3) is 0 Å². The van der Waals surface area contributed by atoms with Crippen LogP contribution >= 0.6 is 0 Å². The van der Waals surface area contributed by atoms with Gasteiger partial charge in [-0.2, -0.15) is 0 Å². The fraction of sp³-hybridized carbons (Fsp3) is 0.438. The lowest BCUT2D eigenvalue weighted by Gasteiger charge is -2.42. The third-order valence-corrected chi connectivity index (χ3v) is 11.2. The Morgan fingerprint density at radius 1 is 0.839 bits per heavy atom. The van der Waals surface area contributed by atoms with E-state index in [1.165, 1.54) is 4.90 Å². The summed E-state index contributed by atoms with van der Waals surface area (Å²) >= 11 is 0. The normalized spacial score (nSPS) is 15.3. The number of benzene rings is 3. The Morgan fingerprint density at radius 3 is 2.00 bits per heavy atom. The molecule has 330 valence electrons. The maximum absolute atomic E-state index is 15.7.